The second-order valence-corrected chi connectivity index (χ2v) is 4.85. The summed E-state index contributed by atoms with van der Waals surface area (Å²) < 4.78 is 1.88. The van der Waals surface area contributed by atoms with Gasteiger partial charge in [-0.1, -0.05) is 12.5 Å². The van der Waals surface area contributed by atoms with Crippen LogP contribution in [0, 0.1) is 17.2 Å². The molecular weight excluding hydrogens is 224 g/mol. The van der Waals surface area contributed by atoms with Crippen LogP contribution in [-0.4, -0.2) is 15.7 Å². The second kappa shape index (κ2) is 4.79. The third-order valence-corrected chi connectivity index (χ3v) is 3.74. The number of hydrogen-bond donors (Lipinski definition) is 1. The summed E-state index contributed by atoms with van der Waals surface area (Å²) in [6, 6.07) is 8.80. The van der Waals surface area contributed by atoms with Crippen molar-refractivity contribution in [1.82, 2.24) is 14.9 Å². The molecule has 2 aromatic rings. The summed E-state index contributed by atoms with van der Waals surface area (Å²) in [5.74, 6) is 0.173. The first kappa shape index (κ1) is 11.2. The van der Waals surface area contributed by atoms with Crippen molar-refractivity contribution in [3.63, 3.8) is 0 Å². The molecule has 2 heterocycles. The molecule has 0 bridgehead atoms. The van der Waals surface area contributed by atoms with Crippen molar-refractivity contribution in [3.05, 3.63) is 36.2 Å². The third kappa shape index (κ3) is 1.98. The van der Waals surface area contributed by atoms with E-state index in [1.54, 1.807) is 0 Å². The molecule has 0 radical (unpaired) electrons. The molecule has 1 aliphatic carbocycles. The van der Waals surface area contributed by atoms with Crippen LogP contribution in [0.15, 0.2) is 30.6 Å². The quantitative estimate of drug-likeness (QED) is 0.894. The first-order chi connectivity index (χ1) is 8.88. The summed E-state index contributed by atoms with van der Waals surface area (Å²) in [5, 5.41) is 16.9. The monoisotopic (exact) mass is 240 g/mol. The van der Waals surface area contributed by atoms with Gasteiger partial charge < -0.3 is 5.32 Å². The highest BCUT2D eigenvalue weighted by Crippen LogP contribution is 2.25. The van der Waals surface area contributed by atoms with Gasteiger partial charge in [0.1, 0.15) is 0 Å². The molecular formula is C14H16N4. The molecule has 3 rings (SSSR count). The minimum absolute atomic E-state index is 0.173. The smallest absolute Gasteiger partial charge is 0.0706 e. The number of rotatable bonds is 3. The molecule has 0 aromatic carbocycles. The van der Waals surface area contributed by atoms with E-state index in [4.69, 9.17) is 5.26 Å². The normalized spacial score (nSPS) is 23.3. The second-order valence-electron chi connectivity index (χ2n) is 4.85. The van der Waals surface area contributed by atoms with E-state index in [0.717, 1.165) is 31.3 Å². The average Bonchev–Trinajstić information content (AvgIpc) is 3.02. The molecule has 2 atom stereocenters. The third-order valence-electron chi connectivity index (χ3n) is 3.74. The zero-order valence-electron chi connectivity index (χ0n) is 10.2. The van der Waals surface area contributed by atoms with E-state index in [2.05, 4.69) is 22.6 Å². The molecule has 2 unspecified atom stereocenters. The SMILES string of the molecule is N#CC1CCCC1NCc1cnn2ccccc12. The Morgan fingerprint density at radius 1 is 1.44 bits per heavy atom. The molecule has 2 aromatic heterocycles. The van der Waals surface area contributed by atoms with Gasteiger partial charge in [0.25, 0.3) is 0 Å². The fourth-order valence-electron chi connectivity index (χ4n) is 2.72. The Balaban J connectivity index is 1.72. The summed E-state index contributed by atoms with van der Waals surface area (Å²) in [4.78, 5) is 0. The molecule has 0 amide bonds. The van der Waals surface area contributed by atoms with Gasteiger partial charge in [-0.3, -0.25) is 0 Å². The molecule has 0 spiro atoms. The molecule has 1 N–H and O–H groups in total. The zero-order chi connectivity index (χ0) is 12.4. The van der Waals surface area contributed by atoms with Gasteiger partial charge in [0.05, 0.1) is 23.7 Å². The minimum atomic E-state index is 0.173. The van der Waals surface area contributed by atoms with Crippen LogP contribution in [0.5, 0.6) is 0 Å². The Morgan fingerprint density at radius 2 is 2.39 bits per heavy atom. The van der Waals surface area contributed by atoms with Crippen molar-refractivity contribution in [2.45, 2.75) is 31.8 Å². The molecule has 92 valence electrons. The molecule has 0 aliphatic heterocycles. The molecule has 4 nitrogen and oxygen atoms in total. The van der Waals surface area contributed by atoms with E-state index in [9.17, 15) is 0 Å². The first-order valence-corrected chi connectivity index (χ1v) is 6.43. The van der Waals surface area contributed by atoms with Gasteiger partial charge in [0.2, 0.25) is 0 Å². The Labute approximate surface area is 106 Å². The predicted octanol–water partition coefficient (Wildman–Crippen LogP) is 2.12. The van der Waals surface area contributed by atoms with Crippen molar-refractivity contribution in [3.8, 4) is 6.07 Å². The first-order valence-electron chi connectivity index (χ1n) is 6.43. The maximum absolute atomic E-state index is 9.06. The topological polar surface area (TPSA) is 53.1 Å². The van der Waals surface area contributed by atoms with Gasteiger partial charge in [-0.15, -0.1) is 0 Å². The van der Waals surface area contributed by atoms with E-state index >= 15 is 0 Å². The summed E-state index contributed by atoms with van der Waals surface area (Å²) >= 11 is 0. The lowest BCUT2D eigenvalue weighted by Crippen LogP contribution is -2.31. The lowest BCUT2D eigenvalue weighted by Gasteiger charge is -2.14. The van der Waals surface area contributed by atoms with Gasteiger partial charge >= 0.3 is 0 Å². The van der Waals surface area contributed by atoms with Crippen molar-refractivity contribution < 1.29 is 0 Å². The number of aromatic nitrogens is 2. The largest absolute Gasteiger partial charge is 0.308 e. The lowest BCUT2D eigenvalue weighted by atomic mass is 10.1. The molecule has 0 saturated heterocycles. The van der Waals surface area contributed by atoms with Gasteiger partial charge in [-0.05, 0) is 25.0 Å². The van der Waals surface area contributed by atoms with Crippen LogP contribution in [0.3, 0.4) is 0 Å². The number of fused-ring (bicyclic) bond motifs is 1. The highest BCUT2D eigenvalue weighted by atomic mass is 15.2. The van der Waals surface area contributed by atoms with Gasteiger partial charge in [0, 0.05) is 24.3 Å². The van der Waals surface area contributed by atoms with Crippen LogP contribution in [0.2, 0.25) is 0 Å². The standard InChI is InChI=1S/C14H16N4/c15-8-11-4-3-5-13(11)16-9-12-10-17-18-7-2-1-6-14(12)18/h1-2,6-7,10-11,13,16H,3-5,9H2. The van der Waals surface area contributed by atoms with E-state index < -0.39 is 0 Å². The van der Waals surface area contributed by atoms with Gasteiger partial charge in [-0.25, -0.2) is 4.52 Å². The van der Waals surface area contributed by atoms with Crippen LogP contribution in [-0.2, 0) is 6.54 Å². The molecule has 18 heavy (non-hydrogen) atoms. The molecule has 1 saturated carbocycles. The molecule has 1 aliphatic rings. The van der Waals surface area contributed by atoms with E-state index in [1.165, 1.54) is 5.56 Å². The summed E-state index contributed by atoms with van der Waals surface area (Å²) in [7, 11) is 0. The summed E-state index contributed by atoms with van der Waals surface area (Å²) in [6.07, 6.45) is 7.15. The summed E-state index contributed by atoms with van der Waals surface area (Å²) in [5.41, 5.74) is 2.33. The number of nitrogens with zero attached hydrogens (tertiary/aromatic N) is 3. The van der Waals surface area contributed by atoms with Gasteiger partial charge in [0.15, 0.2) is 0 Å². The van der Waals surface area contributed by atoms with Crippen molar-refractivity contribution in [1.29, 1.82) is 5.26 Å². The van der Waals surface area contributed by atoms with Crippen molar-refractivity contribution in [2.24, 2.45) is 5.92 Å². The van der Waals surface area contributed by atoms with Crippen LogP contribution < -0.4 is 5.32 Å². The maximum Gasteiger partial charge on any atom is 0.0706 e. The van der Waals surface area contributed by atoms with Crippen molar-refractivity contribution >= 4 is 5.52 Å². The van der Waals surface area contributed by atoms with Crippen LogP contribution in [0.1, 0.15) is 24.8 Å². The Hall–Kier alpha value is -1.86. The maximum atomic E-state index is 9.06. The average molecular weight is 240 g/mol. The number of nitriles is 1. The number of nitrogens with one attached hydrogen (secondary N) is 1. The fourth-order valence-corrected chi connectivity index (χ4v) is 2.72. The van der Waals surface area contributed by atoms with Crippen molar-refractivity contribution in [2.75, 3.05) is 0 Å². The Kier molecular flexibility index (Phi) is 2.99. The Morgan fingerprint density at radius 3 is 3.28 bits per heavy atom. The minimum Gasteiger partial charge on any atom is -0.308 e. The lowest BCUT2D eigenvalue weighted by molar-refractivity contribution is 0.465. The number of pyridine rings is 1. The number of hydrogen-bond acceptors (Lipinski definition) is 3. The van der Waals surface area contributed by atoms with Crippen LogP contribution >= 0.6 is 0 Å². The van der Waals surface area contributed by atoms with E-state index in [1.807, 2.05) is 29.0 Å². The highest BCUT2D eigenvalue weighted by molar-refractivity contribution is 5.53. The van der Waals surface area contributed by atoms with E-state index in [0.29, 0.717) is 6.04 Å². The Bertz CT molecular complexity index is 581. The van der Waals surface area contributed by atoms with Crippen LogP contribution in [0.25, 0.3) is 5.52 Å². The fraction of sp³-hybridized carbons (Fsp3) is 0.429. The predicted molar refractivity (Wildman–Crippen MR) is 68.8 cm³/mol. The molecule has 1 fully saturated rings. The molecule has 4 heteroatoms. The van der Waals surface area contributed by atoms with E-state index in [-0.39, 0.29) is 5.92 Å². The summed E-state index contributed by atoms with van der Waals surface area (Å²) in [6.45, 7) is 0.788. The van der Waals surface area contributed by atoms with Crippen LogP contribution in [0.4, 0.5) is 0 Å². The van der Waals surface area contributed by atoms with Gasteiger partial charge in [-0.2, -0.15) is 10.4 Å². The highest BCUT2D eigenvalue weighted by Gasteiger charge is 2.26. The zero-order valence-corrected chi connectivity index (χ0v) is 10.2.